The lowest BCUT2D eigenvalue weighted by molar-refractivity contribution is 0.0790. The first kappa shape index (κ1) is 16.8. The number of benzene rings is 1. The minimum Gasteiger partial charge on any atom is -0.338 e. The number of hydrogen-bond donors (Lipinski definition) is 0. The van der Waals surface area contributed by atoms with Gasteiger partial charge >= 0.3 is 0 Å². The van der Waals surface area contributed by atoms with Crippen LogP contribution in [0.1, 0.15) is 28.5 Å². The molecule has 1 amide bonds. The Balaban J connectivity index is 1.31. The van der Waals surface area contributed by atoms with E-state index in [1.165, 1.54) is 11.0 Å². The number of amides is 1. The van der Waals surface area contributed by atoms with Crippen LogP contribution < -0.4 is 0 Å². The Morgan fingerprint density at radius 1 is 1.29 bits per heavy atom. The molecule has 4 heterocycles. The predicted molar refractivity (Wildman–Crippen MR) is 100 cm³/mol. The monoisotopic (exact) mass is 393 g/mol. The summed E-state index contributed by atoms with van der Waals surface area (Å²) in [7, 11) is 0. The molecule has 140 valence electrons. The minimum absolute atomic E-state index is 0.0287. The van der Waals surface area contributed by atoms with Gasteiger partial charge in [-0.1, -0.05) is 11.2 Å². The molecule has 1 saturated heterocycles. The number of rotatable bonds is 4. The van der Waals surface area contributed by atoms with Gasteiger partial charge in [-0.05, 0) is 46.5 Å². The normalized spacial score (nSPS) is 16.6. The average molecular weight is 393 g/mol. The van der Waals surface area contributed by atoms with Crippen molar-refractivity contribution in [2.45, 2.75) is 12.3 Å². The molecule has 28 heavy (non-hydrogen) atoms. The number of thiophene rings is 1. The van der Waals surface area contributed by atoms with E-state index in [1.807, 2.05) is 33.9 Å². The van der Waals surface area contributed by atoms with E-state index in [9.17, 15) is 4.79 Å². The van der Waals surface area contributed by atoms with Crippen molar-refractivity contribution in [1.82, 2.24) is 35.2 Å². The maximum absolute atomic E-state index is 12.9. The molecule has 1 aliphatic rings. The largest absolute Gasteiger partial charge is 0.338 e. The lowest BCUT2D eigenvalue weighted by Gasteiger charge is -2.16. The standard InChI is InChI=1S/C18H15N7O2S/c26-18(12-2-1-3-15(8-12)25-11-19-22-23-25)24-6-4-13(9-24)16-20-17(27-21-16)14-5-7-28-10-14/h1-3,5,7-8,10-11,13H,4,6,9H2. The fourth-order valence-electron chi connectivity index (χ4n) is 3.30. The van der Waals surface area contributed by atoms with Crippen LogP contribution in [0.4, 0.5) is 0 Å². The SMILES string of the molecule is O=C(c1cccc(-n2cnnn2)c1)N1CCC(c2noc(-c3ccsc3)n2)C1. The molecule has 0 saturated carbocycles. The Morgan fingerprint density at radius 3 is 3.07 bits per heavy atom. The van der Waals surface area contributed by atoms with Crippen LogP contribution in [0.15, 0.2) is 51.9 Å². The van der Waals surface area contributed by atoms with Gasteiger partial charge < -0.3 is 9.42 Å². The van der Waals surface area contributed by atoms with Crippen LogP contribution in [0.2, 0.25) is 0 Å². The van der Waals surface area contributed by atoms with E-state index < -0.39 is 0 Å². The molecule has 0 aliphatic carbocycles. The number of carbonyl (C=O) groups excluding carboxylic acids is 1. The topological polar surface area (TPSA) is 103 Å². The van der Waals surface area contributed by atoms with Crippen LogP contribution in [-0.4, -0.2) is 54.2 Å². The van der Waals surface area contributed by atoms with E-state index in [1.54, 1.807) is 23.5 Å². The second-order valence-corrected chi connectivity index (χ2v) is 7.29. The zero-order valence-electron chi connectivity index (χ0n) is 14.7. The second kappa shape index (κ2) is 6.97. The molecule has 0 N–H and O–H groups in total. The molecular formula is C18H15N7O2S. The molecule has 10 heteroatoms. The highest BCUT2D eigenvalue weighted by Crippen LogP contribution is 2.29. The van der Waals surface area contributed by atoms with Crippen LogP contribution in [-0.2, 0) is 0 Å². The highest BCUT2D eigenvalue weighted by Gasteiger charge is 2.31. The molecule has 1 unspecified atom stereocenters. The summed E-state index contributed by atoms with van der Waals surface area (Å²) < 4.78 is 6.90. The Morgan fingerprint density at radius 2 is 2.25 bits per heavy atom. The number of carbonyl (C=O) groups is 1. The zero-order chi connectivity index (χ0) is 18.9. The van der Waals surface area contributed by atoms with Gasteiger partial charge in [0.2, 0.25) is 0 Å². The van der Waals surface area contributed by atoms with Crippen LogP contribution in [0.5, 0.6) is 0 Å². The van der Waals surface area contributed by atoms with Gasteiger partial charge in [-0.15, -0.1) is 5.10 Å². The number of tetrazole rings is 1. The quantitative estimate of drug-likeness (QED) is 0.524. The van der Waals surface area contributed by atoms with Gasteiger partial charge in [-0.3, -0.25) is 4.79 Å². The van der Waals surface area contributed by atoms with Gasteiger partial charge in [0.05, 0.1) is 11.3 Å². The van der Waals surface area contributed by atoms with Gasteiger partial charge in [0.15, 0.2) is 5.82 Å². The molecule has 1 aliphatic heterocycles. The maximum atomic E-state index is 12.9. The van der Waals surface area contributed by atoms with Gasteiger partial charge in [0.25, 0.3) is 11.8 Å². The van der Waals surface area contributed by atoms with Crippen LogP contribution in [0.25, 0.3) is 17.1 Å². The fraction of sp³-hybridized carbons (Fsp3) is 0.222. The second-order valence-electron chi connectivity index (χ2n) is 6.51. The van der Waals surface area contributed by atoms with Crippen molar-refractivity contribution in [2.75, 3.05) is 13.1 Å². The summed E-state index contributed by atoms with van der Waals surface area (Å²) in [5, 5.41) is 19.2. The summed E-state index contributed by atoms with van der Waals surface area (Å²) in [6, 6.07) is 9.21. The molecule has 1 fully saturated rings. The summed E-state index contributed by atoms with van der Waals surface area (Å²) in [5.41, 5.74) is 2.26. The van der Waals surface area contributed by atoms with E-state index in [2.05, 4.69) is 25.7 Å². The first-order valence-corrected chi connectivity index (χ1v) is 9.71. The van der Waals surface area contributed by atoms with Crippen molar-refractivity contribution in [3.05, 3.63) is 58.8 Å². The molecule has 1 aromatic carbocycles. The van der Waals surface area contributed by atoms with Crippen molar-refractivity contribution in [2.24, 2.45) is 0 Å². The molecule has 0 bridgehead atoms. The van der Waals surface area contributed by atoms with Crippen molar-refractivity contribution >= 4 is 17.2 Å². The maximum Gasteiger partial charge on any atom is 0.258 e. The predicted octanol–water partition coefficient (Wildman–Crippen LogP) is 2.40. The Hall–Kier alpha value is -3.40. The Kier molecular flexibility index (Phi) is 4.17. The fourth-order valence-corrected chi connectivity index (χ4v) is 3.93. The molecule has 1 atom stereocenters. The third-order valence-electron chi connectivity index (χ3n) is 4.76. The van der Waals surface area contributed by atoms with Crippen LogP contribution in [0, 0.1) is 0 Å². The third-order valence-corrected chi connectivity index (χ3v) is 5.44. The summed E-state index contributed by atoms with van der Waals surface area (Å²) in [5.74, 6) is 1.22. The van der Waals surface area contributed by atoms with Gasteiger partial charge in [0, 0.05) is 30.0 Å². The van der Waals surface area contributed by atoms with Gasteiger partial charge in [-0.25, -0.2) is 4.68 Å². The molecule has 4 aromatic rings. The first-order valence-electron chi connectivity index (χ1n) is 8.77. The summed E-state index contributed by atoms with van der Waals surface area (Å²) in [6.45, 7) is 1.22. The van der Waals surface area contributed by atoms with E-state index in [0.717, 1.165) is 17.7 Å². The van der Waals surface area contributed by atoms with E-state index in [-0.39, 0.29) is 11.8 Å². The smallest absolute Gasteiger partial charge is 0.258 e. The van der Waals surface area contributed by atoms with Crippen molar-refractivity contribution in [1.29, 1.82) is 0 Å². The van der Waals surface area contributed by atoms with Crippen LogP contribution >= 0.6 is 11.3 Å². The molecular weight excluding hydrogens is 378 g/mol. The first-order chi connectivity index (χ1) is 13.8. The Bertz CT molecular complexity index is 1090. The highest BCUT2D eigenvalue weighted by atomic mass is 32.1. The number of hydrogen-bond acceptors (Lipinski definition) is 8. The molecule has 3 aromatic heterocycles. The lowest BCUT2D eigenvalue weighted by Crippen LogP contribution is -2.28. The molecule has 0 spiro atoms. The molecule has 9 nitrogen and oxygen atoms in total. The molecule has 0 radical (unpaired) electrons. The number of nitrogens with zero attached hydrogens (tertiary/aromatic N) is 7. The zero-order valence-corrected chi connectivity index (χ0v) is 15.5. The van der Waals surface area contributed by atoms with Gasteiger partial charge in [0.1, 0.15) is 6.33 Å². The van der Waals surface area contributed by atoms with Crippen molar-refractivity contribution in [3.8, 4) is 17.1 Å². The minimum atomic E-state index is -0.0287. The lowest BCUT2D eigenvalue weighted by atomic mass is 10.1. The van der Waals surface area contributed by atoms with Crippen molar-refractivity contribution < 1.29 is 9.32 Å². The average Bonchev–Trinajstić information content (AvgIpc) is 3.52. The number of likely N-dealkylation sites (tertiary alicyclic amines) is 1. The summed E-state index contributed by atoms with van der Waals surface area (Å²) in [4.78, 5) is 19.3. The third kappa shape index (κ3) is 3.07. The Labute approximate surface area is 163 Å². The van der Waals surface area contributed by atoms with E-state index in [4.69, 9.17) is 4.52 Å². The summed E-state index contributed by atoms with van der Waals surface area (Å²) in [6.07, 6.45) is 2.30. The van der Waals surface area contributed by atoms with E-state index >= 15 is 0 Å². The van der Waals surface area contributed by atoms with Crippen molar-refractivity contribution in [3.63, 3.8) is 0 Å². The number of aromatic nitrogens is 6. The van der Waals surface area contributed by atoms with Gasteiger partial charge in [-0.2, -0.15) is 16.3 Å². The van der Waals surface area contributed by atoms with Crippen LogP contribution in [0.3, 0.4) is 0 Å². The molecule has 5 rings (SSSR count). The van der Waals surface area contributed by atoms with E-state index in [0.29, 0.717) is 30.4 Å². The summed E-state index contributed by atoms with van der Waals surface area (Å²) >= 11 is 1.58. The highest BCUT2D eigenvalue weighted by molar-refractivity contribution is 7.08.